The van der Waals surface area contributed by atoms with Gasteiger partial charge in [0.05, 0.1) is 4.90 Å². The van der Waals surface area contributed by atoms with Gasteiger partial charge in [-0.05, 0) is 31.0 Å². The second kappa shape index (κ2) is 6.21. The maximum Gasteiger partial charge on any atom is 0.235 e. The molecular formula is C13H19FN2O3S. The molecule has 1 amide bonds. The van der Waals surface area contributed by atoms with Crippen LogP contribution >= 0.6 is 0 Å². The molecule has 7 heteroatoms. The molecule has 0 bridgehead atoms. The molecule has 5 nitrogen and oxygen atoms in total. The molecule has 20 heavy (non-hydrogen) atoms. The van der Waals surface area contributed by atoms with Gasteiger partial charge < -0.3 is 11.1 Å². The normalized spacial score (nSPS) is 13.2. The van der Waals surface area contributed by atoms with Crippen LogP contribution in [0.15, 0.2) is 23.1 Å². The fourth-order valence-electron chi connectivity index (χ4n) is 1.48. The largest absolute Gasteiger partial charge is 0.399 e. The monoisotopic (exact) mass is 302 g/mol. The van der Waals surface area contributed by atoms with E-state index in [9.17, 15) is 17.6 Å². The lowest BCUT2D eigenvalue weighted by atomic mass is 10.1. The zero-order valence-electron chi connectivity index (χ0n) is 11.7. The summed E-state index contributed by atoms with van der Waals surface area (Å²) in [5, 5.41) is 2.59. The predicted octanol–water partition coefficient (Wildman–Crippen LogP) is 1.34. The van der Waals surface area contributed by atoms with Gasteiger partial charge in [-0.2, -0.15) is 0 Å². The van der Waals surface area contributed by atoms with Gasteiger partial charge in [-0.25, -0.2) is 12.8 Å². The van der Waals surface area contributed by atoms with Crippen LogP contribution in [-0.2, 0) is 14.6 Å². The van der Waals surface area contributed by atoms with Crippen molar-refractivity contribution in [3.63, 3.8) is 0 Å². The van der Waals surface area contributed by atoms with E-state index in [0.29, 0.717) is 0 Å². The summed E-state index contributed by atoms with van der Waals surface area (Å²) in [5.74, 6) is -1.91. The minimum Gasteiger partial charge on any atom is -0.399 e. The molecule has 1 atom stereocenters. The smallest absolute Gasteiger partial charge is 0.235 e. The van der Waals surface area contributed by atoms with Gasteiger partial charge in [0.1, 0.15) is 11.6 Å². The number of halogens is 1. The highest BCUT2D eigenvalue weighted by molar-refractivity contribution is 7.92. The number of nitrogen functional groups attached to an aromatic ring is 1. The molecule has 0 aliphatic rings. The van der Waals surface area contributed by atoms with Crippen LogP contribution in [0.25, 0.3) is 0 Å². The van der Waals surface area contributed by atoms with Crippen LogP contribution in [0.4, 0.5) is 10.1 Å². The predicted molar refractivity (Wildman–Crippen MR) is 75.3 cm³/mol. The number of hydrogen-bond acceptors (Lipinski definition) is 4. The number of nitrogens with two attached hydrogens (primary N) is 1. The molecule has 0 aliphatic carbocycles. The SMILES string of the molecule is CC(C)C(C)NC(=O)CS(=O)(=O)c1cc(N)cc(F)c1. The third-order valence-corrected chi connectivity index (χ3v) is 4.56. The Bertz CT molecular complexity index is 579. The highest BCUT2D eigenvalue weighted by Crippen LogP contribution is 2.17. The van der Waals surface area contributed by atoms with E-state index in [0.717, 1.165) is 18.2 Å². The zero-order valence-corrected chi connectivity index (χ0v) is 12.5. The molecule has 0 saturated heterocycles. The zero-order chi connectivity index (χ0) is 15.5. The molecule has 112 valence electrons. The van der Waals surface area contributed by atoms with Crippen molar-refractivity contribution in [3.8, 4) is 0 Å². The molecule has 0 aromatic heterocycles. The van der Waals surface area contributed by atoms with E-state index in [1.54, 1.807) is 6.92 Å². The first kappa shape index (κ1) is 16.4. The van der Waals surface area contributed by atoms with Crippen molar-refractivity contribution in [3.05, 3.63) is 24.0 Å². The quantitative estimate of drug-likeness (QED) is 0.803. The molecule has 0 spiro atoms. The summed E-state index contributed by atoms with van der Waals surface area (Å²) in [5.41, 5.74) is 5.40. The Balaban J connectivity index is 2.87. The minimum atomic E-state index is -3.91. The Morgan fingerprint density at radius 3 is 2.40 bits per heavy atom. The number of benzene rings is 1. The minimum absolute atomic E-state index is 0.000434. The Labute approximate surface area is 118 Å². The first-order valence-corrected chi connectivity index (χ1v) is 7.85. The van der Waals surface area contributed by atoms with Crippen molar-refractivity contribution in [2.75, 3.05) is 11.5 Å². The lowest BCUT2D eigenvalue weighted by Crippen LogP contribution is -2.39. The van der Waals surface area contributed by atoms with Gasteiger partial charge in [-0.15, -0.1) is 0 Å². The maximum atomic E-state index is 13.2. The topological polar surface area (TPSA) is 89.3 Å². The number of amides is 1. The van der Waals surface area contributed by atoms with Gasteiger partial charge in [0.25, 0.3) is 0 Å². The molecule has 0 radical (unpaired) electrons. The number of carbonyl (C=O) groups excluding carboxylic acids is 1. The molecule has 1 unspecified atom stereocenters. The summed E-state index contributed by atoms with van der Waals surface area (Å²) in [7, 11) is -3.91. The first-order valence-electron chi connectivity index (χ1n) is 6.20. The summed E-state index contributed by atoms with van der Waals surface area (Å²) in [4.78, 5) is 11.4. The van der Waals surface area contributed by atoms with Crippen LogP contribution in [0.3, 0.4) is 0 Å². The summed E-state index contributed by atoms with van der Waals surface area (Å²) in [6.07, 6.45) is 0. The summed E-state index contributed by atoms with van der Waals surface area (Å²) in [6.45, 7) is 5.61. The van der Waals surface area contributed by atoms with Gasteiger partial charge in [-0.1, -0.05) is 13.8 Å². The van der Waals surface area contributed by atoms with E-state index >= 15 is 0 Å². The summed E-state index contributed by atoms with van der Waals surface area (Å²) in [6, 6.07) is 2.86. The average molecular weight is 302 g/mol. The second-order valence-corrected chi connectivity index (χ2v) is 7.07. The van der Waals surface area contributed by atoms with Crippen molar-refractivity contribution in [1.82, 2.24) is 5.32 Å². The van der Waals surface area contributed by atoms with Crippen LogP contribution in [0.5, 0.6) is 0 Å². The third kappa shape index (κ3) is 4.48. The highest BCUT2D eigenvalue weighted by Gasteiger charge is 2.22. The third-order valence-electron chi connectivity index (χ3n) is 2.96. The Hall–Kier alpha value is -1.63. The maximum absolute atomic E-state index is 13.2. The number of nitrogens with one attached hydrogen (secondary N) is 1. The average Bonchev–Trinajstić information content (AvgIpc) is 2.26. The lowest BCUT2D eigenvalue weighted by molar-refractivity contribution is -0.119. The second-order valence-electron chi connectivity index (χ2n) is 5.08. The molecule has 1 rings (SSSR count). The van der Waals surface area contributed by atoms with Gasteiger partial charge >= 0.3 is 0 Å². The molecule has 1 aromatic carbocycles. The fourth-order valence-corrected chi connectivity index (χ4v) is 2.69. The molecule has 0 fully saturated rings. The van der Waals surface area contributed by atoms with Gasteiger partial charge in [-0.3, -0.25) is 4.79 Å². The molecule has 3 N–H and O–H groups in total. The molecule has 0 saturated carbocycles. The Morgan fingerprint density at radius 1 is 1.30 bits per heavy atom. The lowest BCUT2D eigenvalue weighted by Gasteiger charge is -2.17. The van der Waals surface area contributed by atoms with Crippen LogP contribution in [0, 0.1) is 11.7 Å². The van der Waals surface area contributed by atoms with E-state index in [2.05, 4.69) is 5.32 Å². The molecule has 0 heterocycles. The van der Waals surface area contributed by atoms with E-state index in [4.69, 9.17) is 5.73 Å². The van der Waals surface area contributed by atoms with E-state index in [1.165, 1.54) is 0 Å². The first-order chi connectivity index (χ1) is 9.11. The van der Waals surface area contributed by atoms with E-state index < -0.39 is 27.3 Å². The van der Waals surface area contributed by atoms with Crippen LogP contribution in [0.1, 0.15) is 20.8 Å². The van der Waals surface area contributed by atoms with Crippen molar-refractivity contribution < 1.29 is 17.6 Å². The number of hydrogen-bond donors (Lipinski definition) is 2. The number of rotatable bonds is 5. The highest BCUT2D eigenvalue weighted by atomic mass is 32.2. The van der Waals surface area contributed by atoms with Crippen molar-refractivity contribution >= 4 is 21.4 Å². The van der Waals surface area contributed by atoms with E-state index in [-0.39, 0.29) is 22.5 Å². The van der Waals surface area contributed by atoms with Crippen LogP contribution < -0.4 is 11.1 Å². The Kier molecular flexibility index (Phi) is 5.10. The van der Waals surface area contributed by atoms with Crippen LogP contribution in [-0.4, -0.2) is 26.1 Å². The summed E-state index contributed by atoms with van der Waals surface area (Å²) >= 11 is 0. The standard InChI is InChI=1S/C13H19FN2O3S/c1-8(2)9(3)16-13(17)7-20(18,19)12-5-10(14)4-11(15)6-12/h4-6,8-9H,7,15H2,1-3H3,(H,16,17). The Morgan fingerprint density at radius 2 is 1.90 bits per heavy atom. The van der Waals surface area contributed by atoms with Gasteiger partial charge in [0.15, 0.2) is 9.84 Å². The number of anilines is 1. The number of carbonyl (C=O) groups is 1. The van der Waals surface area contributed by atoms with Crippen LogP contribution in [0.2, 0.25) is 0 Å². The molecule has 1 aromatic rings. The fraction of sp³-hybridized carbons (Fsp3) is 0.462. The molecule has 0 aliphatic heterocycles. The van der Waals surface area contributed by atoms with Gasteiger partial charge in [0, 0.05) is 11.7 Å². The van der Waals surface area contributed by atoms with Crippen molar-refractivity contribution in [2.45, 2.75) is 31.7 Å². The summed E-state index contributed by atoms with van der Waals surface area (Å²) < 4.78 is 37.2. The van der Waals surface area contributed by atoms with Crippen molar-refractivity contribution in [2.24, 2.45) is 5.92 Å². The van der Waals surface area contributed by atoms with Crippen molar-refractivity contribution in [1.29, 1.82) is 0 Å². The molecular weight excluding hydrogens is 283 g/mol. The number of sulfone groups is 1. The van der Waals surface area contributed by atoms with Gasteiger partial charge in [0.2, 0.25) is 5.91 Å². The van der Waals surface area contributed by atoms with E-state index in [1.807, 2.05) is 13.8 Å².